The fourth-order valence-corrected chi connectivity index (χ4v) is 10.7. The third kappa shape index (κ3) is 6.74. The van der Waals surface area contributed by atoms with Crippen molar-refractivity contribution in [2.45, 2.75) is 24.7 Å². The van der Waals surface area contributed by atoms with E-state index < -0.39 is 98.7 Å². The number of halogens is 12. The number of hydrogen-bond acceptors (Lipinski definition) is 2. The predicted octanol–water partition coefficient (Wildman–Crippen LogP) is 10.4. The van der Waals surface area contributed by atoms with Gasteiger partial charge in [0.2, 0.25) is 0 Å². The summed E-state index contributed by atoms with van der Waals surface area (Å²) in [6.07, 6.45) is -20.9. The Hall–Kier alpha value is -6.14. The predicted molar refractivity (Wildman–Crippen MR) is 189 cm³/mol. The molecule has 20 heteroatoms. The molecular weight excluding hydrogens is 926 g/mol. The van der Waals surface area contributed by atoms with E-state index in [1.807, 2.05) is 0 Å². The average Bonchev–Trinajstić information content (AvgIpc) is 3.79. The van der Waals surface area contributed by atoms with E-state index in [2.05, 4.69) is 29.3 Å². The minimum atomic E-state index is -5.31. The molecule has 0 atom stereocenters. The van der Waals surface area contributed by atoms with E-state index in [-0.39, 0.29) is 72.8 Å². The van der Waals surface area contributed by atoms with Gasteiger partial charge in [0.05, 0.1) is 0 Å². The Morgan fingerprint density at radius 3 is 1.09 bits per heavy atom. The second-order valence-electron chi connectivity index (χ2n) is 12.1. The maximum absolute atomic E-state index is 14.5. The summed E-state index contributed by atoms with van der Waals surface area (Å²) >= 11 is -2.43. The van der Waals surface area contributed by atoms with Crippen LogP contribution >= 0.6 is 0 Å². The molecule has 0 fully saturated rings. The zero-order chi connectivity index (χ0) is 42.3. The molecule has 7 rings (SSSR count). The van der Waals surface area contributed by atoms with Crippen molar-refractivity contribution in [2.24, 2.45) is 0 Å². The molecule has 0 aliphatic carbocycles. The second-order valence-corrected chi connectivity index (χ2v) is 16.3. The number of rotatable bonds is 2. The molecule has 0 radical (unpaired) electrons. The molecule has 0 spiro atoms. The number of alkyl halides is 12. The SMILES string of the molecule is [C-]#[N+]C([N+]#[C-])=c1nc2c([se]1)c(-c1ccc(C(F)(F)F)cc1C(F)(F)F)cc1ccc3cc(-c4ccc(C(F)(F)F)cc4C(F)(F)F)c4[se]c(=C([N+]#[C-])[N+]#[C-])nc4c3c12. The quantitative estimate of drug-likeness (QED) is 0.0750. The van der Waals surface area contributed by atoms with E-state index in [4.69, 9.17) is 26.3 Å². The number of nitrogens with zero attached hydrogens (tertiary/aromatic N) is 6. The topological polar surface area (TPSA) is 43.2 Å². The van der Waals surface area contributed by atoms with E-state index in [0.717, 1.165) is 0 Å². The summed E-state index contributed by atoms with van der Waals surface area (Å²) < 4.78 is 168. The Kier molecular flexibility index (Phi) is 9.51. The molecule has 2 aromatic heterocycles. The van der Waals surface area contributed by atoms with Crippen LogP contribution in [0.1, 0.15) is 22.3 Å². The molecular formula is C38H10F12N6Se2. The molecule has 5 aromatic carbocycles. The van der Waals surface area contributed by atoms with Crippen molar-refractivity contribution in [3.63, 3.8) is 0 Å². The van der Waals surface area contributed by atoms with Crippen LogP contribution in [0, 0.1) is 26.3 Å². The molecule has 0 saturated carbocycles. The number of benzene rings is 5. The molecule has 0 amide bonds. The first-order chi connectivity index (χ1) is 27.1. The van der Waals surface area contributed by atoms with E-state index in [9.17, 15) is 52.7 Å². The van der Waals surface area contributed by atoms with Crippen molar-refractivity contribution in [2.75, 3.05) is 0 Å². The van der Waals surface area contributed by atoms with Crippen LogP contribution in [0.15, 0.2) is 60.7 Å². The van der Waals surface area contributed by atoms with E-state index in [0.29, 0.717) is 24.3 Å². The summed E-state index contributed by atoms with van der Waals surface area (Å²) in [5.74, 6) is -1.10. The van der Waals surface area contributed by atoms with E-state index in [1.54, 1.807) is 0 Å². The zero-order valence-corrected chi connectivity index (χ0v) is 31.2. The molecule has 0 saturated heterocycles. The van der Waals surface area contributed by atoms with E-state index >= 15 is 0 Å². The third-order valence-electron chi connectivity index (χ3n) is 8.78. The Bertz CT molecular complexity index is 2980. The summed E-state index contributed by atoms with van der Waals surface area (Å²) in [6.45, 7) is 30.0. The first-order valence-corrected chi connectivity index (χ1v) is 19.0. The van der Waals surface area contributed by atoms with E-state index in [1.165, 1.54) is 24.3 Å². The van der Waals surface area contributed by atoms with Crippen molar-refractivity contribution < 1.29 is 52.7 Å². The number of hydrogen-bond donors (Lipinski definition) is 0. The number of aromatic nitrogens is 2. The first kappa shape index (κ1) is 40.1. The summed E-state index contributed by atoms with van der Waals surface area (Å²) in [4.78, 5) is 21.6. The minimum absolute atomic E-state index is 0.0137. The van der Waals surface area contributed by atoms with Crippen LogP contribution in [-0.4, -0.2) is 39.0 Å². The van der Waals surface area contributed by atoms with Crippen LogP contribution in [0.5, 0.6) is 0 Å². The van der Waals surface area contributed by atoms with Gasteiger partial charge in [0.1, 0.15) is 0 Å². The van der Waals surface area contributed by atoms with Gasteiger partial charge >= 0.3 is 328 Å². The van der Waals surface area contributed by atoms with Crippen molar-refractivity contribution in [1.29, 1.82) is 0 Å². The van der Waals surface area contributed by atoms with Crippen molar-refractivity contribution in [3.05, 3.63) is 137 Å². The first-order valence-electron chi connectivity index (χ1n) is 15.6. The molecule has 0 N–H and O–H groups in total. The molecule has 2 heterocycles. The fourth-order valence-electron chi connectivity index (χ4n) is 6.38. The number of fused-ring (bicyclic) bond motifs is 7. The summed E-state index contributed by atoms with van der Waals surface area (Å²) in [5, 5.41) is 0.390. The fraction of sp³-hybridized carbons (Fsp3) is 0.105. The summed E-state index contributed by atoms with van der Waals surface area (Å²) in [5.41, 5.74) is -8.47. The average molecular weight is 936 g/mol. The standard InChI is InChI=1S/C38H10F12N6Se2/c1-51-31(52-2)33-55-27-25-15(11-21(29(27)57-33)19-9-7-17(35(39,40)41)13-23(19)37(45,46)47)5-6-16-12-22(30-28(26(16)25)56-34(58-30)32(53-3)54-4)20-10-8-18(36(42,43)44)14-24(20)38(48,49)50/h5-14H. The van der Waals surface area contributed by atoms with Crippen LogP contribution in [0.2, 0.25) is 0 Å². The van der Waals surface area contributed by atoms with Crippen LogP contribution in [0.4, 0.5) is 52.7 Å². The Labute approximate surface area is 327 Å². The van der Waals surface area contributed by atoms with Gasteiger partial charge in [-0.2, -0.15) is 0 Å². The van der Waals surface area contributed by atoms with Gasteiger partial charge in [-0.05, 0) is 0 Å². The zero-order valence-electron chi connectivity index (χ0n) is 27.8. The van der Waals surface area contributed by atoms with Crippen LogP contribution < -0.4 is 8.45 Å². The Balaban J connectivity index is 1.70. The van der Waals surface area contributed by atoms with Gasteiger partial charge in [0, 0.05) is 0 Å². The Morgan fingerprint density at radius 2 is 0.793 bits per heavy atom. The van der Waals surface area contributed by atoms with Gasteiger partial charge in [-0.3, -0.25) is 0 Å². The van der Waals surface area contributed by atoms with Crippen molar-refractivity contribution in [1.82, 2.24) is 9.97 Å². The van der Waals surface area contributed by atoms with Gasteiger partial charge in [-0.1, -0.05) is 0 Å². The molecule has 0 aliphatic heterocycles. The third-order valence-corrected chi connectivity index (χ3v) is 13.3. The van der Waals surface area contributed by atoms with Gasteiger partial charge < -0.3 is 0 Å². The van der Waals surface area contributed by atoms with Crippen molar-refractivity contribution >= 4 is 81.7 Å². The van der Waals surface area contributed by atoms with Gasteiger partial charge in [0.15, 0.2) is 0 Å². The molecule has 6 nitrogen and oxygen atoms in total. The molecule has 0 unspecified atom stereocenters. The molecule has 0 bridgehead atoms. The molecule has 0 aliphatic rings. The Morgan fingerprint density at radius 1 is 0.448 bits per heavy atom. The van der Waals surface area contributed by atoms with Gasteiger partial charge in [-0.15, -0.1) is 0 Å². The molecule has 288 valence electrons. The maximum atomic E-state index is 14.5. The summed E-state index contributed by atoms with van der Waals surface area (Å²) in [6, 6.07) is 7.28. The molecule has 7 aromatic rings. The normalized spacial score (nSPS) is 12.4. The molecule has 58 heavy (non-hydrogen) atoms. The van der Waals surface area contributed by atoms with Crippen LogP contribution in [-0.2, 0) is 24.7 Å². The van der Waals surface area contributed by atoms with Gasteiger partial charge in [-0.25, -0.2) is 0 Å². The van der Waals surface area contributed by atoms with Crippen LogP contribution in [0.25, 0.3) is 94.4 Å². The second kappa shape index (κ2) is 13.8. The van der Waals surface area contributed by atoms with Crippen molar-refractivity contribution in [3.8, 4) is 22.3 Å². The monoisotopic (exact) mass is 938 g/mol. The summed E-state index contributed by atoms with van der Waals surface area (Å²) in [7, 11) is 0. The van der Waals surface area contributed by atoms with Gasteiger partial charge in [0.25, 0.3) is 0 Å². The van der Waals surface area contributed by atoms with Crippen LogP contribution in [0.3, 0.4) is 0 Å².